The lowest BCUT2D eigenvalue weighted by Crippen LogP contribution is -2.18. The normalized spacial score (nSPS) is 13.5. The summed E-state index contributed by atoms with van der Waals surface area (Å²) in [6.07, 6.45) is -2.45. The van der Waals surface area contributed by atoms with Crippen molar-refractivity contribution in [1.82, 2.24) is 4.98 Å². The van der Waals surface area contributed by atoms with Gasteiger partial charge < -0.3 is 5.32 Å². The third kappa shape index (κ3) is 4.35. The first-order valence-corrected chi connectivity index (χ1v) is 6.18. The van der Waals surface area contributed by atoms with Crippen LogP contribution in [0.1, 0.15) is 18.9 Å². The van der Waals surface area contributed by atoms with Crippen LogP contribution in [0.3, 0.4) is 0 Å². The van der Waals surface area contributed by atoms with Gasteiger partial charge in [-0.3, -0.25) is 0 Å². The molecule has 1 unspecified atom stereocenters. The van der Waals surface area contributed by atoms with Crippen LogP contribution in [0.25, 0.3) is 0 Å². The predicted molar refractivity (Wildman–Crippen MR) is 65.4 cm³/mol. The SMILES string of the molecule is CCC(Cl)CNc1ncc(Br)cc1C(F)(F)F. The fourth-order valence-electron chi connectivity index (χ4n) is 1.15. The number of hydrogen-bond donors (Lipinski definition) is 1. The second-order valence-corrected chi connectivity index (χ2v) is 4.97. The van der Waals surface area contributed by atoms with E-state index in [9.17, 15) is 13.2 Å². The fraction of sp³-hybridized carbons (Fsp3) is 0.500. The molecular weight excluding hydrogens is 320 g/mol. The number of hydrogen-bond acceptors (Lipinski definition) is 2. The molecule has 1 atom stereocenters. The Labute approximate surface area is 111 Å². The molecule has 0 radical (unpaired) electrons. The molecule has 96 valence electrons. The Bertz CT molecular complexity index is 384. The Hall–Kier alpha value is -0.490. The van der Waals surface area contributed by atoms with Crippen LogP contribution < -0.4 is 5.32 Å². The summed E-state index contributed by atoms with van der Waals surface area (Å²) in [5.74, 6) is -0.195. The number of anilines is 1. The first-order chi connectivity index (χ1) is 7.84. The Balaban J connectivity index is 2.91. The highest BCUT2D eigenvalue weighted by atomic mass is 79.9. The van der Waals surface area contributed by atoms with Crippen LogP contribution in [0.2, 0.25) is 0 Å². The van der Waals surface area contributed by atoms with Crippen molar-refractivity contribution < 1.29 is 13.2 Å². The highest BCUT2D eigenvalue weighted by Crippen LogP contribution is 2.35. The summed E-state index contributed by atoms with van der Waals surface area (Å²) in [6, 6.07) is 0.991. The van der Waals surface area contributed by atoms with Gasteiger partial charge in [-0.15, -0.1) is 11.6 Å². The minimum Gasteiger partial charge on any atom is -0.368 e. The van der Waals surface area contributed by atoms with Crippen LogP contribution in [0.4, 0.5) is 19.0 Å². The molecule has 0 aliphatic heterocycles. The standard InChI is InChI=1S/C10H11BrClF3N2/c1-2-7(12)5-17-9-8(10(13,14)15)3-6(11)4-16-9/h3-4,7H,2,5H2,1H3,(H,16,17). The number of nitrogens with zero attached hydrogens (tertiary/aromatic N) is 1. The molecule has 1 heterocycles. The molecule has 0 spiro atoms. The highest BCUT2D eigenvalue weighted by molar-refractivity contribution is 9.10. The maximum absolute atomic E-state index is 12.7. The molecule has 2 nitrogen and oxygen atoms in total. The molecule has 1 aromatic rings. The van der Waals surface area contributed by atoms with E-state index in [4.69, 9.17) is 11.6 Å². The predicted octanol–water partition coefficient (Wildman–Crippen LogP) is 4.29. The number of nitrogens with one attached hydrogen (secondary N) is 1. The maximum Gasteiger partial charge on any atom is 0.419 e. The van der Waals surface area contributed by atoms with E-state index >= 15 is 0 Å². The molecule has 0 saturated heterocycles. The maximum atomic E-state index is 12.7. The average Bonchev–Trinajstić information content (AvgIpc) is 2.25. The molecule has 7 heteroatoms. The van der Waals surface area contributed by atoms with Crippen LogP contribution in [-0.2, 0) is 6.18 Å². The molecule has 0 aromatic carbocycles. The minimum atomic E-state index is -4.44. The van der Waals surface area contributed by atoms with Gasteiger partial charge in [0.15, 0.2) is 0 Å². The van der Waals surface area contributed by atoms with Crippen molar-refractivity contribution in [3.05, 3.63) is 22.3 Å². The van der Waals surface area contributed by atoms with Gasteiger partial charge in [-0.1, -0.05) is 6.92 Å². The van der Waals surface area contributed by atoms with Crippen molar-refractivity contribution in [3.63, 3.8) is 0 Å². The van der Waals surface area contributed by atoms with Gasteiger partial charge in [-0.25, -0.2) is 4.98 Å². The van der Waals surface area contributed by atoms with E-state index in [1.165, 1.54) is 6.20 Å². The van der Waals surface area contributed by atoms with Crippen molar-refractivity contribution >= 4 is 33.3 Å². The topological polar surface area (TPSA) is 24.9 Å². The minimum absolute atomic E-state index is 0.195. The highest BCUT2D eigenvalue weighted by Gasteiger charge is 2.34. The smallest absolute Gasteiger partial charge is 0.368 e. The van der Waals surface area contributed by atoms with E-state index < -0.39 is 11.7 Å². The second-order valence-electron chi connectivity index (χ2n) is 3.43. The number of pyridine rings is 1. The van der Waals surface area contributed by atoms with Crippen LogP contribution in [-0.4, -0.2) is 16.9 Å². The fourth-order valence-corrected chi connectivity index (χ4v) is 1.56. The summed E-state index contributed by atoms with van der Waals surface area (Å²) in [4.78, 5) is 3.71. The quantitative estimate of drug-likeness (QED) is 0.832. The molecule has 0 aliphatic carbocycles. The number of aromatic nitrogens is 1. The van der Waals surface area contributed by atoms with E-state index in [-0.39, 0.29) is 22.2 Å². The van der Waals surface area contributed by atoms with Gasteiger partial charge >= 0.3 is 6.18 Å². The molecule has 0 bridgehead atoms. The van der Waals surface area contributed by atoms with E-state index in [0.29, 0.717) is 6.42 Å². The Morgan fingerprint density at radius 3 is 2.71 bits per heavy atom. The van der Waals surface area contributed by atoms with E-state index in [1.807, 2.05) is 6.92 Å². The van der Waals surface area contributed by atoms with Gasteiger partial charge in [0.25, 0.3) is 0 Å². The lowest BCUT2D eigenvalue weighted by Gasteiger charge is -2.15. The monoisotopic (exact) mass is 330 g/mol. The van der Waals surface area contributed by atoms with Crippen molar-refractivity contribution in [2.45, 2.75) is 24.9 Å². The van der Waals surface area contributed by atoms with E-state index in [0.717, 1.165) is 6.07 Å². The summed E-state index contributed by atoms with van der Waals surface area (Å²) >= 11 is 8.80. The van der Waals surface area contributed by atoms with Crippen LogP contribution in [0, 0.1) is 0 Å². The first-order valence-electron chi connectivity index (χ1n) is 4.95. The van der Waals surface area contributed by atoms with Crippen LogP contribution in [0.15, 0.2) is 16.7 Å². The molecule has 0 aliphatic rings. The van der Waals surface area contributed by atoms with Crippen molar-refractivity contribution in [2.75, 3.05) is 11.9 Å². The van der Waals surface area contributed by atoms with Gasteiger partial charge in [0.2, 0.25) is 0 Å². The largest absolute Gasteiger partial charge is 0.419 e. The summed E-state index contributed by atoms with van der Waals surface area (Å²) in [6.45, 7) is 2.11. The van der Waals surface area contributed by atoms with E-state index in [1.54, 1.807) is 0 Å². The molecule has 1 aromatic heterocycles. The lowest BCUT2D eigenvalue weighted by molar-refractivity contribution is -0.137. The van der Waals surface area contributed by atoms with Crippen molar-refractivity contribution in [2.24, 2.45) is 0 Å². The molecule has 1 N–H and O–H groups in total. The molecule has 17 heavy (non-hydrogen) atoms. The van der Waals surface area contributed by atoms with Crippen LogP contribution >= 0.6 is 27.5 Å². The number of rotatable bonds is 4. The van der Waals surface area contributed by atoms with Crippen molar-refractivity contribution in [1.29, 1.82) is 0 Å². The molecular formula is C10H11BrClF3N2. The summed E-state index contributed by atoms with van der Waals surface area (Å²) in [5.41, 5.74) is -0.799. The average molecular weight is 332 g/mol. The molecule has 0 fully saturated rings. The molecule has 0 amide bonds. The summed E-state index contributed by atoms with van der Waals surface area (Å²) in [7, 11) is 0. The van der Waals surface area contributed by atoms with Gasteiger partial charge in [-0.2, -0.15) is 13.2 Å². The van der Waals surface area contributed by atoms with Gasteiger partial charge in [0.05, 0.1) is 10.9 Å². The third-order valence-corrected chi connectivity index (χ3v) is 2.99. The number of halogens is 5. The molecule has 1 rings (SSSR count). The van der Waals surface area contributed by atoms with Crippen LogP contribution in [0.5, 0.6) is 0 Å². The third-order valence-electron chi connectivity index (χ3n) is 2.09. The second kappa shape index (κ2) is 5.91. The van der Waals surface area contributed by atoms with Crippen molar-refractivity contribution in [3.8, 4) is 0 Å². The van der Waals surface area contributed by atoms with Gasteiger partial charge in [0.1, 0.15) is 5.82 Å². The summed E-state index contributed by atoms with van der Waals surface area (Å²) < 4.78 is 38.4. The van der Waals surface area contributed by atoms with Gasteiger partial charge in [-0.05, 0) is 28.4 Å². The first kappa shape index (κ1) is 14.6. The lowest BCUT2D eigenvalue weighted by atomic mass is 10.2. The Morgan fingerprint density at radius 2 is 2.18 bits per heavy atom. The summed E-state index contributed by atoms with van der Waals surface area (Å²) in [5, 5.41) is 2.39. The zero-order valence-corrected chi connectivity index (χ0v) is 11.3. The zero-order chi connectivity index (χ0) is 13.1. The van der Waals surface area contributed by atoms with E-state index in [2.05, 4.69) is 26.2 Å². The van der Waals surface area contributed by atoms with Gasteiger partial charge in [0, 0.05) is 17.2 Å². The molecule has 0 saturated carbocycles. The Kier molecular flexibility index (Phi) is 5.06. The number of alkyl halides is 4. The Morgan fingerprint density at radius 1 is 1.53 bits per heavy atom. The zero-order valence-electron chi connectivity index (χ0n) is 8.98.